The van der Waals surface area contributed by atoms with Crippen molar-refractivity contribution >= 4 is 11.6 Å². The summed E-state index contributed by atoms with van der Waals surface area (Å²) in [5.74, 6) is -0.201. The molecular formula is C19H23FN4O. The number of carbonyl (C=O) groups is 1. The maximum Gasteiger partial charge on any atom is 0.274 e. The molecule has 25 heavy (non-hydrogen) atoms. The van der Waals surface area contributed by atoms with Gasteiger partial charge in [-0.1, -0.05) is 12.1 Å². The molecule has 1 amide bonds. The van der Waals surface area contributed by atoms with E-state index in [2.05, 4.69) is 15.5 Å². The Morgan fingerprint density at radius 3 is 2.76 bits per heavy atom. The quantitative estimate of drug-likeness (QED) is 0.901. The third-order valence-electron chi connectivity index (χ3n) is 5.27. The fourth-order valence-electron chi connectivity index (χ4n) is 3.83. The molecule has 0 saturated carbocycles. The van der Waals surface area contributed by atoms with Crippen molar-refractivity contribution < 1.29 is 9.18 Å². The summed E-state index contributed by atoms with van der Waals surface area (Å²) in [5, 5.41) is 10.6. The van der Waals surface area contributed by atoms with E-state index < -0.39 is 0 Å². The highest BCUT2D eigenvalue weighted by molar-refractivity contribution is 5.94. The molecule has 0 bridgehead atoms. The number of fused-ring (bicyclic) bond motifs is 1. The molecule has 2 aliphatic rings. The first-order valence-corrected chi connectivity index (χ1v) is 9.09. The number of anilines is 1. The number of amides is 1. The summed E-state index contributed by atoms with van der Waals surface area (Å²) in [6, 6.07) is 6.91. The lowest BCUT2D eigenvalue weighted by Gasteiger charge is -2.32. The summed E-state index contributed by atoms with van der Waals surface area (Å²) in [6.07, 6.45) is 5.85. The van der Waals surface area contributed by atoms with Crippen molar-refractivity contribution in [3.63, 3.8) is 0 Å². The van der Waals surface area contributed by atoms with Gasteiger partial charge in [-0.15, -0.1) is 0 Å². The van der Waals surface area contributed by atoms with Gasteiger partial charge in [0.25, 0.3) is 5.91 Å². The van der Waals surface area contributed by atoms with Gasteiger partial charge in [0.15, 0.2) is 5.69 Å². The van der Waals surface area contributed by atoms with Gasteiger partial charge in [-0.3, -0.25) is 9.89 Å². The number of nitrogens with zero attached hydrogens (tertiary/aromatic N) is 2. The molecule has 1 aliphatic carbocycles. The number of aromatic amines is 1. The van der Waals surface area contributed by atoms with Gasteiger partial charge in [0.05, 0.1) is 5.69 Å². The molecule has 5 nitrogen and oxygen atoms in total. The number of aromatic nitrogens is 2. The lowest BCUT2D eigenvalue weighted by molar-refractivity contribution is 0.0711. The molecule has 0 atom stereocenters. The molecule has 1 aromatic carbocycles. The minimum Gasteiger partial charge on any atom is -0.380 e. The molecule has 2 aromatic rings. The van der Waals surface area contributed by atoms with Crippen LogP contribution in [0.3, 0.4) is 0 Å². The number of carbonyl (C=O) groups excluding carboxylic acids is 1. The molecule has 0 spiro atoms. The zero-order chi connectivity index (χ0) is 17.2. The summed E-state index contributed by atoms with van der Waals surface area (Å²) in [4.78, 5) is 14.7. The molecule has 4 rings (SSSR count). The molecular weight excluding hydrogens is 319 g/mol. The standard InChI is InChI=1S/C19H23FN4O/c20-15-6-2-4-8-17(15)21-13-9-11-24(12-10-13)19(25)18-14-5-1-3-7-16(14)22-23-18/h2,4,6,8,13,21H,1,3,5,7,9-12H2,(H,22,23). The Balaban J connectivity index is 1.38. The first-order chi connectivity index (χ1) is 12.2. The van der Waals surface area contributed by atoms with Gasteiger partial charge in [0, 0.05) is 30.4 Å². The summed E-state index contributed by atoms with van der Waals surface area (Å²) >= 11 is 0. The van der Waals surface area contributed by atoms with Crippen LogP contribution in [0.1, 0.15) is 47.4 Å². The number of likely N-dealkylation sites (tertiary alicyclic amines) is 1. The van der Waals surface area contributed by atoms with E-state index in [0.717, 1.165) is 49.8 Å². The molecule has 6 heteroatoms. The highest BCUT2D eigenvalue weighted by Crippen LogP contribution is 2.25. The fourth-order valence-corrected chi connectivity index (χ4v) is 3.83. The van der Waals surface area contributed by atoms with Crippen LogP contribution in [0.25, 0.3) is 0 Å². The van der Waals surface area contributed by atoms with Gasteiger partial charge in [0.1, 0.15) is 5.82 Å². The Morgan fingerprint density at radius 1 is 1.20 bits per heavy atom. The number of hydrogen-bond acceptors (Lipinski definition) is 3. The lowest BCUT2D eigenvalue weighted by Crippen LogP contribution is -2.42. The van der Waals surface area contributed by atoms with E-state index >= 15 is 0 Å². The molecule has 0 unspecified atom stereocenters. The van der Waals surface area contributed by atoms with Crippen LogP contribution >= 0.6 is 0 Å². The monoisotopic (exact) mass is 342 g/mol. The van der Waals surface area contributed by atoms with E-state index in [9.17, 15) is 9.18 Å². The molecule has 1 saturated heterocycles. The third-order valence-corrected chi connectivity index (χ3v) is 5.27. The van der Waals surface area contributed by atoms with Crippen LogP contribution in [0.15, 0.2) is 24.3 Å². The largest absolute Gasteiger partial charge is 0.380 e. The second-order valence-electron chi connectivity index (χ2n) is 6.93. The van der Waals surface area contributed by atoms with E-state index in [1.54, 1.807) is 12.1 Å². The average molecular weight is 342 g/mol. The van der Waals surface area contributed by atoms with Crippen LogP contribution in [-0.2, 0) is 12.8 Å². The molecule has 2 N–H and O–H groups in total. The molecule has 0 radical (unpaired) electrons. The van der Waals surface area contributed by atoms with Crippen LogP contribution in [0, 0.1) is 5.82 Å². The number of aryl methyl sites for hydroxylation is 1. The average Bonchev–Trinajstić information content (AvgIpc) is 3.08. The van der Waals surface area contributed by atoms with Gasteiger partial charge in [0.2, 0.25) is 0 Å². The van der Waals surface area contributed by atoms with Crippen LogP contribution < -0.4 is 5.32 Å². The molecule has 1 fully saturated rings. The SMILES string of the molecule is O=C(c1n[nH]c2c1CCCC2)N1CCC(Nc2ccccc2F)CC1. The molecule has 2 heterocycles. The van der Waals surface area contributed by atoms with Crippen molar-refractivity contribution in [2.45, 2.75) is 44.6 Å². The Bertz CT molecular complexity index is 765. The number of para-hydroxylation sites is 1. The number of hydrogen-bond donors (Lipinski definition) is 2. The van der Waals surface area contributed by atoms with Gasteiger partial charge >= 0.3 is 0 Å². The second-order valence-corrected chi connectivity index (χ2v) is 6.93. The van der Waals surface area contributed by atoms with Crippen LogP contribution in [-0.4, -0.2) is 40.1 Å². The van der Waals surface area contributed by atoms with E-state index in [1.165, 1.54) is 6.07 Å². The van der Waals surface area contributed by atoms with Crippen LogP contribution in [0.2, 0.25) is 0 Å². The van der Waals surface area contributed by atoms with Gasteiger partial charge in [-0.05, 0) is 50.7 Å². The van der Waals surface area contributed by atoms with Crippen LogP contribution in [0.5, 0.6) is 0 Å². The third kappa shape index (κ3) is 3.25. The predicted molar refractivity (Wildman–Crippen MR) is 94.2 cm³/mol. The van der Waals surface area contributed by atoms with Gasteiger partial charge in [-0.2, -0.15) is 5.10 Å². The topological polar surface area (TPSA) is 61.0 Å². The number of nitrogens with one attached hydrogen (secondary N) is 2. The minimum atomic E-state index is -0.232. The van der Waals surface area contributed by atoms with Crippen molar-refractivity contribution in [3.8, 4) is 0 Å². The normalized spacial score (nSPS) is 18.0. The zero-order valence-electron chi connectivity index (χ0n) is 14.2. The predicted octanol–water partition coefficient (Wildman–Crippen LogP) is 3.14. The van der Waals surface area contributed by atoms with Crippen molar-refractivity contribution in [1.29, 1.82) is 0 Å². The zero-order valence-corrected chi connectivity index (χ0v) is 14.2. The van der Waals surface area contributed by atoms with Gasteiger partial charge in [-0.25, -0.2) is 4.39 Å². The number of piperidine rings is 1. The van der Waals surface area contributed by atoms with E-state index in [4.69, 9.17) is 0 Å². The highest BCUT2D eigenvalue weighted by Gasteiger charge is 2.28. The number of rotatable bonds is 3. The first-order valence-electron chi connectivity index (χ1n) is 9.09. The molecule has 1 aromatic heterocycles. The second kappa shape index (κ2) is 6.86. The highest BCUT2D eigenvalue weighted by atomic mass is 19.1. The number of halogens is 1. The fraction of sp³-hybridized carbons (Fsp3) is 0.474. The maximum absolute atomic E-state index is 13.8. The molecule has 1 aliphatic heterocycles. The Labute approximate surface area is 146 Å². The summed E-state index contributed by atoms with van der Waals surface area (Å²) in [5.41, 5.74) is 3.39. The summed E-state index contributed by atoms with van der Waals surface area (Å²) in [7, 11) is 0. The number of H-pyrrole nitrogens is 1. The smallest absolute Gasteiger partial charge is 0.274 e. The van der Waals surface area contributed by atoms with Crippen molar-refractivity contribution in [1.82, 2.24) is 15.1 Å². The van der Waals surface area contributed by atoms with Crippen molar-refractivity contribution in [3.05, 3.63) is 47.0 Å². The Morgan fingerprint density at radius 2 is 1.96 bits per heavy atom. The Kier molecular flexibility index (Phi) is 4.42. The van der Waals surface area contributed by atoms with E-state index in [1.807, 2.05) is 11.0 Å². The van der Waals surface area contributed by atoms with Crippen molar-refractivity contribution in [2.75, 3.05) is 18.4 Å². The minimum absolute atomic E-state index is 0.0312. The molecule has 132 valence electrons. The maximum atomic E-state index is 13.8. The summed E-state index contributed by atoms with van der Waals surface area (Å²) in [6.45, 7) is 1.35. The van der Waals surface area contributed by atoms with Crippen molar-refractivity contribution in [2.24, 2.45) is 0 Å². The Hall–Kier alpha value is -2.37. The van der Waals surface area contributed by atoms with Gasteiger partial charge < -0.3 is 10.2 Å². The van der Waals surface area contributed by atoms with E-state index in [0.29, 0.717) is 24.5 Å². The number of benzene rings is 1. The van der Waals surface area contributed by atoms with Crippen LogP contribution in [0.4, 0.5) is 10.1 Å². The first kappa shape index (κ1) is 16.1. The van der Waals surface area contributed by atoms with E-state index in [-0.39, 0.29) is 17.8 Å². The summed E-state index contributed by atoms with van der Waals surface area (Å²) < 4.78 is 13.8. The lowest BCUT2D eigenvalue weighted by atomic mass is 9.95.